The molecule has 0 aromatic rings. The van der Waals surface area contributed by atoms with Crippen LogP contribution >= 0.6 is 0 Å². The zero-order valence-corrected chi connectivity index (χ0v) is 5.23. The number of rotatable bonds is 2. The van der Waals surface area contributed by atoms with Crippen LogP contribution in [0.1, 0.15) is 13.8 Å². The summed E-state index contributed by atoms with van der Waals surface area (Å²) >= 11 is 0. The fourth-order valence-electron chi connectivity index (χ4n) is 0.385. The van der Waals surface area contributed by atoms with Gasteiger partial charge in [0.05, 0.1) is 0 Å². The first kappa shape index (κ1) is 6.70. The molecule has 42 valence electrons. The Morgan fingerprint density at radius 3 is 2.29 bits per heavy atom. The van der Waals surface area contributed by atoms with E-state index < -0.39 is 0 Å². The van der Waals surface area contributed by atoms with E-state index in [1.165, 1.54) is 0 Å². The second-order valence-electron chi connectivity index (χ2n) is 1.60. The Kier molecular flexibility index (Phi) is 3.71. The van der Waals surface area contributed by atoms with Crippen molar-refractivity contribution in [3.63, 3.8) is 0 Å². The molecule has 0 radical (unpaired) electrons. The molecule has 0 fully saturated rings. The normalized spacial score (nSPS) is 15.3. The first-order chi connectivity index (χ1) is 3.31. The molecule has 0 saturated heterocycles. The molecular formula is C6H13N. The molecule has 7 heavy (non-hydrogen) atoms. The van der Waals surface area contributed by atoms with E-state index in [0.29, 0.717) is 6.04 Å². The van der Waals surface area contributed by atoms with Gasteiger partial charge in [-0.2, -0.15) is 0 Å². The highest BCUT2D eigenvalue weighted by Gasteiger charge is 1.83. The van der Waals surface area contributed by atoms with Gasteiger partial charge < -0.3 is 5.32 Å². The third kappa shape index (κ3) is 3.53. The zero-order chi connectivity index (χ0) is 5.70. The fraction of sp³-hybridized carbons (Fsp3) is 0.667. The maximum atomic E-state index is 3.08. The van der Waals surface area contributed by atoms with Gasteiger partial charge in [-0.25, -0.2) is 0 Å². The van der Waals surface area contributed by atoms with E-state index >= 15 is 0 Å². The molecular weight excluding hydrogens is 86.1 g/mol. The molecule has 1 heteroatoms. The lowest BCUT2D eigenvalue weighted by atomic mass is 10.3. The van der Waals surface area contributed by atoms with Gasteiger partial charge >= 0.3 is 0 Å². The average molecular weight is 99.2 g/mol. The van der Waals surface area contributed by atoms with Crippen molar-refractivity contribution in [1.29, 1.82) is 0 Å². The van der Waals surface area contributed by atoms with Crippen molar-refractivity contribution < 1.29 is 0 Å². The standard InChI is InChI=1S/C6H13N/c1-4-5-6(2)7-3/h4-7H,1-3H3/b5-4-/t6-/m1/s1. The van der Waals surface area contributed by atoms with Gasteiger partial charge in [0, 0.05) is 6.04 Å². The Morgan fingerprint density at radius 2 is 2.14 bits per heavy atom. The van der Waals surface area contributed by atoms with Crippen LogP contribution in [0.5, 0.6) is 0 Å². The van der Waals surface area contributed by atoms with Gasteiger partial charge in [0.15, 0.2) is 0 Å². The Bertz CT molecular complexity index is 57.2. The van der Waals surface area contributed by atoms with Crippen LogP contribution in [-0.2, 0) is 0 Å². The second-order valence-corrected chi connectivity index (χ2v) is 1.60. The molecule has 0 unspecified atom stereocenters. The molecule has 0 aromatic heterocycles. The highest BCUT2D eigenvalue weighted by molar-refractivity contribution is 4.86. The average Bonchev–Trinajstić information content (AvgIpc) is 1.68. The van der Waals surface area contributed by atoms with E-state index in [1.54, 1.807) is 0 Å². The lowest BCUT2D eigenvalue weighted by molar-refractivity contribution is 0.728. The van der Waals surface area contributed by atoms with Crippen LogP contribution in [0.15, 0.2) is 12.2 Å². The third-order valence-corrected chi connectivity index (χ3v) is 0.936. The number of nitrogens with one attached hydrogen (secondary N) is 1. The monoisotopic (exact) mass is 99.1 g/mol. The summed E-state index contributed by atoms with van der Waals surface area (Å²) in [5.74, 6) is 0. The predicted octanol–water partition coefficient (Wildman–Crippen LogP) is 1.17. The molecule has 0 rings (SSSR count). The molecule has 0 aliphatic heterocycles. The van der Waals surface area contributed by atoms with Crippen molar-refractivity contribution >= 4 is 0 Å². The SMILES string of the molecule is C/C=C\[C@@H](C)NC. The summed E-state index contributed by atoms with van der Waals surface area (Å²) in [5, 5.41) is 3.08. The van der Waals surface area contributed by atoms with Crippen molar-refractivity contribution in [3.8, 4) is 0 Å². The van der Waals surface area contributed by atoms with Crippen molar-refractivity contribution in [2.75, 3.05) is 7.05 Å². The summed E-state index contributed by atoms with van der Waals surface area (Å²) < 4.78 is 0. The van der Waals surface area contributed by atoms with Crippen LogP contribution in [-0.4, -0.2) is 13.1 Å². The largest absolute Gasteiger partial charge is 0.314 e. The number of allylic oxidation sites excluding steroid dienone is 1. The number of likely N-dealkylation sites (N-methyl/N-ethyl adjacent to an activating group) is 1. The van der Waals surface area contributed by atoms with Crippen LogP contribution in [0.4, 0.5) is 0 Å². The highest BCUT2D eigenvalue weighted by atomic mass is 14.8. The molecule has 1 N–H and O–H groups in total. The topological polar surface area (TPSA) is 12.0 Å². The molecule has 0 aromatic carbocycles. The molecule has 1 atom stereocenters. The molecule has 1 nitrogen and oxygen atoms in total. The first-order valence-corrected chi connectivity index (χ1v) is 2.61. The highest BCUT2D eigenvalue weighted by Crippen LogP contribution is 1.79. The van der Waals surface area contributed by atoms with Gasteiger partial charge in [0.2, 0.25) is 0 Å². The molecule has 0 bridgehead atoms. The van der Waals surface area contributed by atoms with Gasteiger partial charge in [-0.05, 0) is 20.9 Å². The molecule has 0 aliphatic rings. The van der Waals surface area contributed by atoms with Crippen LogP contribution in [0.25, 0.3) is 0 Å². The minimum Gasteiger partial charge on any atom is -0.314 e. The Labute approximate surface area is 45.4 Å². The van der Waals surface area contributed by atoms with Crippen molar-refractivity contribution in [2.45, 2.75) is 19.9 Å². The Balaban J connectivity index is 3.16. The fourth-order valence-corrected chi connectivity index (χ4v) is 0.385. The maximum absolute atomic E-state index is 3.08. The van der Waals surface area contributed by atoms with Crippen LogP contribution in [0.3, 0.4) is 0 Å². The summed E-state index contributed by atoms with van der Waals surface area (Å²) in [6.45, 7) is 4.13. The summed E-state index contributed by atoms with van der Waals surface area (Å²) in [7, 11) is 1.95. The zero-order valence-electron chi connectivity index (χ0n) is 5.23. The van der Waals surface area contributed by atoms with Gasteiger partial charge in [0.1, 0.15) is 0 Å². The van der Waals surface area contributed by atoms with Crippen LogP contribution in [0, 0.1) is 0 Å². The lowest BCUT2D eigenvalue weighted by Crippen LogP contribution is -2.17. The molecule has 0 aliphatic carbocycles. The molecule has 0 saturated carbocycles. The number of hydrogen-bond donors (Lipinski definition) is 1. The predicted molar refractivity (Wildman–Crippen MR) is 33.3 cm³/mol. The Hall–Kier alpha value is -0.300. The van der Waals surface area contributed by atoms with E-state index in [4.69, 9.17) is 0 Å². The van der Waals surface area contributed by atoms with Crippen molar-refractivity contribution in [3.05, 3.63) is 12.2 Å². The quantitative estimate of drug-likeness (QED) is 0.512. The third-order valence-electron chi connectivity index (χ3n) is 0.936. The van der Waals surface area contributed by atoms with E-state index in [9.17, 15) is 0 Å². The summed E-state index contributed by atoms with van der Waals surface area (Å²) in [6.07, 6.45) is 4.15. The first-order valence-electron chi connectivity index (χ1n) is 2.61. The smallest absolute Gasteiger partial charge is 0.0218 e. The van der Waals surface area contributed by atoms with E-state index in [1.807, 2.05) is 20.0 Å². The van der Waals surface area contributed by atoms with Gasteiger partial charge in [-0.3, -0.25) is 0 Å². The van der Waals surface area contributed by atoms with Gasteiger partial charge in [-0.15, -0.1) is 0 Å². The number of hydrogen-bond acceptors (Lipinski definition) is 1. The van der Waals surface area contributed by atoms with E-state index in [2.05, 4.69) is 18.3 Å². The Morgan fingerprint density at radius 1 is 1.57 bits per heavy atom. The van der Waals surface area contributed by atoms with E-state index in [0.717, 1.165) is 0 Å². The molecule has 0 amide bonds. The second kappa shape index (κ2) is 3.88. The summed E-state index contributed by atoms with van der Waals surface area (Å²) in [6, 6.07) is 0.519. The van der Waals surface area contributed by atoms with Gasteiger partial charge in [0.25, 0.3) is 0 Å². The maximum Gasteiger partial charge on any atom is 0.0218 e. The minimum absolute atomic E-state index is 0.519. The van der Waals surface area contributed by atoms with Crippen molar-refractivity contribution in [1.82, 2.24) is 5.32 Å². The van der Waals surface area contributed by atoms with Gasteiger partial charge in [-0.1, -0.05) is 12.2 Å². The summed E-state index contributed by atoms with van der Waals surface area (Å²) in [4.78, 5) is 0. The molecule has 0 heterocycles. The van der Waals surface area contributed by atoms with E-state index in [-0.39, 0.29) is 0 Å². The van der Waals surface area contributed by atoms with Crippen LogP contribution in [0.2, 0.25) is 0 Å². The lowest BCUT2D eigenvalue weighted by Gasteiger charge is -1.99. The summed E-state index contributed by atoms with van der Waals surface area (Å²) in [5.41, 5.74) is 0. The van der Waals surface area contributed by atoms with Crippen molar-refractivity contribution in [2.24, 2.45) is 0 Å². The van der Waals surface area contributed by atoms with Crippen LogP contribution < -0.4 is 5.32 Å². The minimum atomic E-state index is 0.519. The molecule has 0 spiro atoms.